The minimum absolute atomic E-state index is 0.101. The lowest BCUT2D eigenvalue weighted by molar-refractivity contribution is 0.0983. The normalized spacial score (nSPS) is 11.2. The zero-order valence-corrected chi connectivity index (χ0v) is 21.3. The van der Waals surface area contributed by atoms with E-state index in [1.54, 1.807) is 24.1 Å². The van der Waals surface area contributed by atoms with E-state index in [1.807, 2.05) is 24.3 Å². The number of hydrogen-bond donors (Lipinski definition) is 0. The van der Waals surface area contributed by atoms with Crippen LogP contribution in [0.15, 0.2) is 36.4 Å². The van der Waals surface area contributed by atoms with Crippen LogP contribution in [0.25, 0.3) is 10.2 Å². The minimum Gasteiger partial charge on any atom is -0.494 e. The maximum Gasteiger partial charge on any atom is 0.260 e. The highest BCUT2D eigenvalue weighted by molar-refractivity contribution is 7.23. The van der Waals surface area contributed by atoms with Crippen LogP contribution in [0.5, 0.6) is 11.5 Å². The molecule has 0 aliphatic heterocycles. The highest BCUT2D eigenvalue weighted by Crippen LogP contribution is 2.39. The van der Waals surface area contributed by atoms with Crippen LogP contribution in [0.2, 0.25) is 5.02 Å². The molecule has 0 N–H and O–H groups in total. The van der Waals surface area contributed by atoms with Crippen LogP contribution in [-0.2, 0) is 0 Å². The molecule has 0 fully saturated rings. The predicted molar refractivity (Wildman–Crippen MR) is 137 cm³/mol. The first-order chi connectivity index (χ1) is 16.0. The summed E-state index contributed by atoms with van der Waals surface area (Å²) in [4.78, 5) is 22.4. The third-order valence-corrected chi connectivity index (χ3v) is 7.08. The number of anilines is 1. The van der Waals surface area contributed by atoms with Gasteiger partial charge in [0.15, 0.2) is 5.13 Å². The first-order valence-electron chi connectivity index (χ1n) is 11.4. The van der Waals surface area contributed by atoms with Crippen LogP contribution in [0, 0.1) is 0 Å². The van der Waals surface area contributed by atoms with Gasteiger partial charge in [-0.2, -0.15) is 0 Å². The van der Waals surface area contributed by atoms with Crippen LogP contribution in [-0.4, -0.2) is 55.7 Å². The SMILES string of the molecule is CCCCOc1ccc(C(=O)N(CCN(CC)CC)c2nc3c(OC)ccc(Cl)c3s2)cc1. The van der Waals surface area contributed by atoms with Crippen LogP contribution >= 0.6 is 22.9 Å². The molecule has 1 amide bonds. The summed E-state index contributed by atoms with van der Waals surface area (Å²) >= 11 is 7.84. The van der Waals surface area contributed by atoms with Gasteiger partial charge in [0, 0.05) is 18.7 Å². The molecule has 33 heavy (non-hydrogen) atoms. The van der Waals surface area contributed by atoms with Gasteiger partial charge in [0.1, 0.15) is 17.0 Å². The molecule has 178 valence electrons. The number of thiazole rings is 1. The highest BCUT2D eigenvalue weighted by atomic mass is 35.5. The van der Waals surface area contributed by atoms with E-state index in [4.69, 9.17) is 26.1 Å². The molecule has 0 atom stereocenters. The average molecular weight is 490 g/mol. The molecule has 0 spiro atoms. The first-order valence-corrected chi connectivity index (χ1v) is 12.6. The monoisotopic (exact) mass is 489 g/mol. The zero-order chi connectivity index (χ0) is 23.8. The predicted octanol–water partition coefficient (Wildman–Crippen LogP) is 6.13. The molecule has 3 aromatic rings. The van der Waals surface area contributed by atoms with Crippen LogP contribution < -0.4 is 14.4 Å². The lowest BCUT2D eigenvalue weighted by atomic mass is 10.2. The van der Waals surface area contributed by atoms with E-state index in [9.17, 15) is 4.79 Å². The molecule has 8 heteroatoms. The van der Waals surface area contributed by atoms with Crippen molar-refractivity contribution >= 4 is 44.2 Å². The number of halogens is 1. The Bertz CT molecular complexity index is 1050. The van der Waals surface area contributed by atoms with E-state index in [-0.39, 0.29) is 5.91 Å². The van der Waals surface area contributed by atoms with Gasteiger partial charge in [-0.1, -0.05) is 50.1 Å². The zero-order valence-electron chi connectivity index (χ0n) is 19.8. The van der Waals surface area contributed by atoms with Gasteiger partial charge in [-0.3, -0.25) is 9.69 Å². The quantitative estimate of drug-likeness (QED) is 0.286. The molecular weight excluding hydrogens is 458 g/mol. The maximum absolute atomic E-state index is 13.6. The number of unbranched alkanes of at least 4 members (excludes halogenated alkanes) is 1. The number of hydrogen-bond acceptors (Lipinski definition) is 6. The van der Waals surface area contributed by atoms with E-state index in [1.165, 1.54) is 11.3 Å². The van der Waals surface area contributed by atoms with E-state index < -0.39 is 0 Å². The van der Waals surface area contributed by atoms with Crippen LogP contribution in [0.3, 0.4) is 0 Å². The summed E-state index contributed by atoms with van der Waals surface area (Å²) in [6.45, 7) is 10.2. The molecule has 1 aromatic heterocycles. The number of nitrogens with zero attached hydrogens (tertiary/aromatic N) is 3. The van der Waals surface area contributed by atoms with Crippen molar-refractivity contribution in [2.75, 3.05) is 44.8 Å². The van der Waals surface area contributed by atoms with E-state index in [0.717, 1.165) is 42.9 Å². The fraction of sp³-hybridized carbons (Fsp3) is 0.440. The average Bonchev–Trinajstić information content (AvgIpc) is 3.28. The summed E-state index contributed by atoms with van der Waals surface area (Å²) in [5, 5.41) is 1.20. The molecule has 0 aliphatic rings. The number of ether oxygens (including phenoxy) is 2. The Labute approximate surface area is 205 Å². The van der Waals surface area contributed by atoms with E-state index in [0.29, 0.717) is 40.1 Å². The molecule has 6 nitrogen and oxygen atoms in total. The van der Waals surface area contributed by atoms with E-state index in [2.05, 4.69) is 25.7 Å². The van der Waals surface area contributed by atoms with E-state index >= 15 is 0 Å². The summed E-state index contributed by atoms with van der Waals surface area (Å²) in [6, 6.07) is 10.9. The largest absolute Gasteiger partial charge is 0.494 e. The number of fused-ring (bicyclic) bond motifs is 1. The molecule has 0 saturated carbocycles. The minimum atomic E-state index is -0.101. The second-order valence-electron chi connectivity index (χ2n) is 7.63. The van der Waals surface area contributed by atoms with Crippen molar-refractivity contribution in [1.82, 2.24) is 9.88 Å². The molecule has 0 saturated heterocycles. The third-order valence-electron chi connectivity index (χ3n) is 5.55. The fourth-order valence-corrected chi connectivity index (χ4v) is 4.75. The maximum atomic E-state index is 13.6. The van der Waals surface area contributed by atoms with Gasteiger partial charge in [0.2, 0.25) is 0 Å². The van der Waals surface area contributed by atoms with Crippen molar-refractivity contribution in [2.24, 2.45) is 0 Å². The van der Waals surface area contributed by atoms with Crippen LogP contribution in [0.1, 0.15) is 44.0 Å². The number of amides is 1. The van der Waals surface area contributed by atoms with Crippen molar-refractivity contribution in [1.29, 1.82) is 0 Å². The molecule has 2 aromatic carbocycles. The lowest BCUT2D eigenvalue weighted by Gasteiger charge is -2.24. The van der Waals surface area contributed by atoms with Gasteiger partial charge >= 0.3 is 0 Å². The Morgan fingerprint density at radius 1 is 1.06 bits per heavy atom. The second kappa shape index (κ2) is 12.2. The van der Waals surface area contributed by atoms with Gasteiger partial charge in [-0.25, -0.2) is 4.98 Å². The van der Waals surface area contributed by atoms with Crippen molar-refractivity contribution in [3.63, 3.8) is 0 Å². The highest BCUT2D eigenvalue weighted by Gasteiger charge is 2.23. The number of benzene rings is 2. The number of aromatic nitrogens is 1. The summed E-state index contributed by atoms with van der Waals surface area (Å²) in [5.41, 5.74) is 1.26. The summed E-state index contributed by atoms with van der Waals surface area (Å²) in [7, 11) is 1.61. The fourth-order valence-electron chi connectivity index (χ4n) is 3.47. The van der Waals surface area contributed by atoms with Crippen molar-refractivity contribution in [3.8, 4) is 11.5 Å². The second-order valence-corrected chi connectivity index (χ2v) is 9.02. The van der Waals surface area contributed by atoms with Gasteiger partial charge in [0.05, 0.1) is 23.4 Å². The standard InChI is InChI=1S/C25H32ClN3O3S/c1-5-8-17-32-19-11-9-18(10-12-19)24(30)29(16-15-28(6-2)7-3)25-27-22-21(31-4)14-13-20(26)23(22)33-25/h9-14H,5-8,15-17H2,1-4H3. The summed E-state index contributed by atoms with van der Waals surface area (Å²) in [6.07, 6.45) is 2.08. The van der Waals surface area contributed by atoms with Crippen molar-refractivity contribution in [3.05, 3.63) is 47.0 Å². The Kier molecular flexibility index (Phi) is 9.35. The molecular formula is C25H32ClN3O3S. The van der Waals surface area contributed by atoms with Gasteiger partial charge in [0.25, 0.3) is 5.91 Å². The van der Waals surface area contributed by atoms with Gasteiger partial charge in [-0.05, 0) is 55.9 Å². The van der Waals surface area contributed by atoms with Crippen molar-refractivity contribution < 1.29 is 14.3 Å². The number of rotatable bonds is 12. The Morgan fingerprint density at radius 3 is 2.42 bits per heavy atom. The number of likely N-dealkylation sites (N-methyl/N-ethyl adjacent to an activating group) is 1. The topological polar surface area (TPSA) is 54.9 Å². The smallest absolute Gasteiger partial charge is 0.260 e. The Morgan fingerprint density at radius 2 is 1.79 bits per heavy atom. The Balaban J connectivity index is 1.92. The van der Waals surface area contributed by atoms with Crippen molar-refractivity contribution in [2.45, 2.75) is 33.6 Å². The number of carbonyl (C=O) groups is 1. The summed E-state index contributed by atoms with van der Waals surface area (Å²) < 4.78 is 12.0. The molecule has 0 unspecified atom stereocenters. The molecule has 0 radical (unpaired) electrons. The molecule has 0 bridgehead atoms. The summed E-state index contributed by atoms with van der Waals surface area (Å²) in [5.74, 6) is 1.31. The number of methoxy groups -OCH3 is 1. The molecule has 0 aliphatic carbocycles. The number of carbonyl (C=O) groups excluding carboxylic acids is 1. The van der Waals surface area contributed by atoms with Gasteiger partial charge < -0.3 is 14.4 Å². The Hall–Kier alpha value is -2.35. The molecule has 3 rings (SSSR count). The van der Waals surface area contributed by atoms with Crippen LogP contribution in [0.4, 0.5) is 5.13 Å². The van der Waals surface area contributed by atoms with Gasteiger partial charge in [-0.15, -0.1) is 0 Å². The lowest BCUT2D eigenvalue weighted by Crippen LogP contribution is -2.38. The first kappa shape index (κ1) is 25.3. The molecule has 1 heterocycles. The third kappa shape index (κ3) is 6.16.